The molecule has 0 aliphatic carbocycles. The lowest BCUT2D eigenvalue weighted by Gasteiger charge is -2.36. The van der Waals surface area contributed by atoms with Crippen LogP contribution >= 0.6 is 0 Å². The first-order chi connectivity index (χ1) is 10.2. The van der Waals surface area contributed by atoms with Crippen LogP contribution in [0.25, 0.3) is 0 Å². The Morgan fingerprint density at radius 1 is 1.43 bits per heavy atom. The summed E-state index contributed by atoms with van der Waals surface area (Å²) in [6.45, 7) is 9.87. The lowest BCUT2D eigenvalue weighted by Crippen LogP contribution is -2.47. The highest BCUT2D eigenvalue weighted by Crippen LogP contribution is 2.30. The summed E-state index contributed by atoms with van der Waals surface area (Å²) in [5.41, 5.74) is -0.0830. The molecule has 21 heavy (non-hydrogen) atoms. The summed E-state index contributed by atoms with van der Waals surface area (Å²) in [5.74, 6) is 1.75. The van der Waals surface area contributed by atoms with Gasteiger partial charge in [-0.3, -0.25) is 4.99 Å². The smallest absolute Gasteiger partial charge is 0.193 e. The largest absolute Gasteiger partial charge is 0.396 e. The summed E-state index contributed by atoms with van der Waals surface area (Å²) in [4.78, 5) is 7.23. The minimum atomic E-state index is -0.0830. The van der Waals surface area contributed by atoms with Crippen LogP contribution in [0.1, 0.15) is 39.5 Å². The second-order valence-electron chi connectivity index (χ2n) is 6.63. The predicted octanol–water partition coefficient (Wildman–Crippen LogP) is 1.47. The van der Waals surface area contributed by atoms with E-state index in [-0.39, 0.29) is 12.0 Å². The summed E-state index contributed by atoms with van der Waals surface area (Å²) < 4.78 is 5.43. The van der Waals surface area contributed by atoms with Crippen LogP contribution in [0.3, 0.4) is 0 Å². The Labute approximate surface area is 128 Å². The Morgan fingerprint density at radius 2 is 2.19 bits per heavy atom. The number of aliphatic hydroxyl groups is 1. The van der Waals surface area contributed by atoms with Crippen LogP contribution in [-0.2, 0) is 4.74 Å². The number of ether oxygens (including phenoxy) is 1. The molecule has 2 N–H and O–H groups in total. The molecule has 2 saturated heterocycles. The van der Waals surface area contributed by atoms with Crippen LogP contribution in [0.4, 0.5) is 0 Å². The van der Waals surface area contributed by atoms with Gasteiger partial charge in [0, 0.05) is 38.3 Å². The standard InChI is InChI=1S/C16H31N3O2/c1-3-17-15(19-8-4-5-14(2)11-19)18-12-16(13-20)6-9-21-10-7-16/h14,20H,3-13H2,1-2H3,(H,17,18). The SMILES string of the molecule is CCNC(=NCC1(CO)CCOCC1)N1CCCC(C)C1. The van der Waals surface area contributed by atoms with Gasteiger partial charge in [0.15, 0.2) is 5.96 Å². The molecule has 0 saturated carbocycles. The fraction of sp³-hybridized carbons (Fsp3) is 0.938. The summed E-state index contributed by atoms with van der Waals surface area (Å²) in [7, 11) is 0. The highest BCUT2D eigenvalue weighted by atomic mass is 16.5. The number of aliphatic hydroxyl groups excluding tert-OH is 1. The minimum absolute atomic E-state index is 0.0830. The van der Waals surface area contributed by atoms with Crippen LogP contribution in [0.2, 0.25) is 0 Å². The molecule has 0 aromatic heterocycles. The molecule has 0 bridgehead atoms. The fourth-order valence-corrected chi connectivity index (χ4v) is 3.22. The van der Waals surface area contributed by atoms with Gasteiger partial charge in [-0.1, -0.05) is 6.92 Å². The van der Waals surface area contributed by atoms with Crippen LogP contribution in [0.15, 0.2) is 4.99 Å². The minimum Gasteiger partial charge on any atom is -0.396 e. The monoisotopic (exact) mass is 297 g/mol. The zero-order valence-corrected chi connectivity index (χ0v) is 13.6. The van der Waals surface area contributed by atoms with Crippen LogP contribution < -0.4 is 5.32 Å². The van der Waals surface area contributed by atoms with Gasteiger partial charge in [0.2, 0.25) is 0 Å². The second-order valence-corrected chi connectivity index (χ2v) is 6.63. The van der Waals surface area contributed by atoms with Crippen molar-refractivity contribution in [3.8, 4) is 0 Å². The highest BCUT2D eigenvalue weighted by molar-refractivity contribution is 5.80. The van der Waals surface area contributed by atoms with E-state index in [2.05, 4.69) is 24.1 Å². The second kappa shape index (κ2) is 7.99. The van der Waals surface area contributed by atoms with E-state index in [0.717, 1.165) is 57.6 Å². The first-order valence-corrected chi connectivity index (χ1v) is 8.41. The first-order valence-electron chi connectivity index (χ1n) is 8.41. The van der Waals surface area contributed by atoms with E-state index < -0.39 is 0 Å². The van der Waals surface area contributed by atoms with E-state index >= 15 is 0 Å². The number of nitrogens with one attached hydrogen (secondary N) is 1. The molecule has 2 heterocycles. The third kappa shape index (κ3) is 4.58. The number of rotatable bonds is 4. The number of hydrogen-bond acceptors (Lipinski definition) is 3. The Bertz CT molecular complexity index is 340. The van der Waals surface area contributed by atoms with E-state index in [1.807, 2.05) is 0 Å². The van der Waals surface area contributed by atoms with Crippen LogP contribution in [-0.4, -0.2) is 62.0 Å². The lowest BCUT2D eigenvalue weighted by atomic mass is 9.81. The van der Waals surface area contributed by atoms with Crippen molar-refractivity contribution in [1.82, 2.24) is 10.2 Å². The number of nitrogens with zero attached hydrogens (tertiary/aromatic N) is 2. The maximum atomic E-state index is 9.78. The van der Waals surface area contributed by atoms with E-state index in [9.17, 15) is 5.11 Å². The zero-order valence-electron chi connectivity index (χ0n) is 13.6. The van der Waals surface area contributed by atoms with Crippen molar-refractivity contribution in [3.05, 3.63) is 0 Å². The van der Waals surface area contributed by atoms with Crippen molar-refractivity contribution >= 4 is 5.96 Å². The van der Waals surface area contributed by atoms with E-state index in [1.54, 1.807) is 0 Å². The molecule has 0 aromatic carbocycles. The molecule has 2 aliphatic rings. The van der Waals surface area contributed by atoms with Crippen molar-refractivity contribution in [2.24, 2.45) is 16.3 Å². The van der Waals surface area contributed by atoms with E-state index in [0.29, 0.717) is 6.54 Å². The molecule has 0 aromatic rings. The average molecular weight is 297 g/mol. The van der Waals surface area contributed by atoms with Crippen molar-refractivity contribution in [2.75, 3.05) is 46.0 Å². The van der Waals surface area contributed by atoms with Gasteiger partial charge in [-0.05, 0) is 38.5 Å². The van der Waals surface area contributed by atoms with Gasteiger partial charge in [-0.25, -0.2) is 0 Å². The molecule has 0 amide bonds. The molecule has 0 radical (unpaired) electrons. The third-order valence-electron chi connectivity index (χ3n) is 4.74. The number of piperidine rings is 1. The normalized spacial score (nSPS) is 26.7. The molecule has 2 fully saturated rings. The number of likely N-dealkylation sites (tertiary alicyclic amines) is 1. The van der Waals surface area contributed by atoms with Crippen molar-refractivity contribution in [2.45, 2.75) is 39.5 Å². The number of hydrogen-bond donors (Lipinski definition) is 2. The number of guanidine groups is 1. The van der Waals surface area contributed by atoms with E-state index in [4.69, 9.17) is 9.73 Å². The van der Waals surface area contributed by atoms with Gasteiger partial charge in [0.05, 0.1) is 13.2 Å². The van der Waals surface area contributed by atoms with Crippen molar-refractivity contribution in [1.29, 1.82) is 0 Å². The molecule has 5 heteroatoms. The van der Waals surface area contributed by atoms with Crippen molar-refractivity contribution < 1.29 is 9.84 Å². The molecule has 5 nitrogen and oxygen atoms in total. The van der Waals surface area contributed by atoms with Gasteiger partial charge in [0.25, 0.3) is 0 Å². The molecular weight excluding hydrogens is 266 g/mol. The summed E-state index contributed by atoms with van der Waals surface area (Å²) >= 11 is 0. The van der Waals surface area contributed by atoms with Gasteiger partial charge in [0.1, 0.15) is 0 Å². The van der Waals surface area contributed by atoms with Crippen LogP contribution in [0.5, 0.6) is 0 Å². The predicted molar refractivity (Wildman–Crippen MR) is 85.5 cm³/mol. The molecule has 2 aliphatic heterocycles. The average Bonchev–Trinajstić information content (AvgIpc) is 2.52. The Balaban J connectivity index is 2.02. The Morgan fingerprint density at radius 3 is 2.81 bits per heavy atom. The Kier molecular flexibility index (Phi) is 6.30. The van der Waals surface area contributed by atoms with Gasteiger partial charge < -0.3 is 20.1 Å². The molecule has 1 atom stereocenters. The van der Waals surface area contributed by atoms with Crippen LogP contribution in [0, 0.1) is 11.3 Å². The Hall–Kier alpha value is -0.810. The highest BCUT2D eigenvalue weighted by Gasteiger charge is 2.32. The summed E-state index contributed by atoms with van der Waals surface area (Å²) in [5, 5.41) is 13.2. The quantitative estimate of drug-likeness (QED) is 0.609. The summed E-state index contributed by atoms with van der Waals surface area (Å²) in [6.07, 6.45) is 4.37. The number of aliphatic imine (C=N–C) groups is 1. The van der Waals surface area contributed by atoms with Crippen molar-refractivity contribution in [3.63, 3.8) is 0 Å². The summed E-state index contributed by atoms with van der Waals surface area (Å²) in [6, 6.07) is 0. The first kappa shape index (κ1) is 16.6. The molecule has 122 valence electrons. The molecular formula is C16H31N3O2. The van der Waals surface area contributed by atoms with Gasteiger partial charge in [-0.15, -0.1) is 0 Å². The van der Waals surface area contributed by atoms with Gasteiger partial charge in [-0.2, -0.15) is 0 Å². The van der Waals surface area contributed by atoms with Gasteiger partial charge >= 0.3 is 0 Å². The maximum absolute atomic E-state index is 9.78. The maximum Gasteiger partial charge on any atom is 0.193 e. The molecule has 0 spiro atoms. The zero-order chi connectivity index (χ0) is 15.1. The molecule has 1 unspecified atom stereocenters. The molecule has 2 rings (SSSR count). The van der Waals surface area contributed by atoms with E-state index in [1.165, 1.54) is 12.8 Å². The third-order valence-corrected chi connectivity index (χ3v) is 4.74. The fourth-order valence-electron chi connectivity index (χ4n) is 3.22. The lowest BCUT2D eigenvalue weighted by molar-refractivity contribution is -0.0107. The topological polar surface area (TPSA) is 57.1 Å².